The van der Waals surface area contributed by atoms with Crippen molar-refractivity contribution in [3.63, 3.8) is 0 Å². The summed E-state index contributed by atoms with van der Waals surface area (Å²) in [5, 5.41) is 3.96. The van der Waals surface area contributed by atoms with Crippen molar-refractivity contribution in [2.45, 2.75) is 0 Å². The second-order valence-electron chi connectivity index (χ2n) is 2.46. The second kappa shape index (κ2) is 4.65. The molecule has 1 aromatic rings. The van der Waals surface area contributed by atoms with Gasteiger partial charge in [-0.2, -0.15) is 0 Å². The number of thioether (sulfide) groups is 1. The van der Waals surface area contributed by atoms with Crippen molar-refractivity contribution in [3.8, 4) is 0 Å². The van der Waals surface area contributed by atoms with E-state index in [0.29, 0.717) is 15.7 Å². The average molecular weight is 264 g/mol. The minimum absolute atomic E-state index is 0. The van der Waals surface area contributed by atoms with E-state index in [-0.39, 0.29) is 23.6 Å². The lowest BCUT2D eigenvalue weighted by molar-refractivity contribution is -0.115. The molecular weight excluding hydrogens is 258 g/mol. The highest BCUT2D eigenvalue weighted by Crippen LogP contribution is 2.26. The highest BCUT2D eigenvalue weighted by atomic mass is 35.5. The zero-order valence-electron chi connectivity index (χ0n) is 7.22. The third-order valence-electron chi connectivity index (χ3n) is 1.46. The van der Waals surface area contributed by atoms with Gasteiger partial charge in [-0.25, -0.2) is 4.98 Å². The third-order valence-corrected chi connectivity index (χ3v) is 2.96. The van der Waals surface area contributed by atoms with E-state index >= 15 is 0 Å². The number of nitrogen functional groups attached to an aromatic ring is 1. The molecule has 1 saturated heterocycles. The van der Waals surface area contributed by atoms with Crippen LogP contribution in [0.1, 0.15) is 5.69 Å². The van der Waals surface area contributed by atoms with Gasteiger partial charge in [0.05, 0.1) is 10.6 Å². The zero-order chi connectivity index (χ0) is 10.1. The van der Waals surface area contributed by atoms with Crippen molar-refractivity contribution < 1.29 is 9.59 Å². The minimum Gasteiger partial charge on any atom is -0.375 e. The van der Waals surface area contributed by atoms with Gasteiger partial charge in [-0.1, -0.05) is 0 Å². The summed E-state index contributed by atoms with van der Waals surface area (Å²) in [6.45, 7) is 0. The molecule has 80 valence electrons. The van der Waals surface area contributed by atoms with Gasteiger partial charge in [-0.3, -0.25) is 14.9 Å². The molecule has 0 bridgehead atoms. The number of rotatable bonds is 1. The summed E-state index contributed by atoms with van der Waals surface area (Å²) in [5.41, 5.74) is 6.02. The number of halogens is 1. The van der Waals surface area contributed by atoms with Gasteiger partial charge in [0, 0.05) is 5.38 Å². The fraction of sp³-hybridized carbons (Fsp3) is 0. The maximum Gasteiger partial charge on any atom is 0.290 e. The fourth-order valence-electron chi connectivity index (χ4n) is 0.922. The van der Waals surface area contributed by atoms with Crippen LogP contribution in [0.25, 0.3) is 6.08 Å². The molecule has 1 aromatic heterocycles. The van der Waals surface area contributed by atoms with Gasteiger partial charge in [-0.05, 0) is 17.8 Å². The van der Waals surface area contributed by atoms with Crippen molar-refractivity contribution in [3.05, 3.63) is 16.0 Å². The summed E-state index contributed by atoms with van der Waals surface area (Å²) in [6, 6.07) is 0. The Balaban J connectivity index is 0.00000112. The van der Waals surface area contributed by atoms with Crippen LogP contribution in [0, 0.1) is 0 Å². The zero-order valence-corrected chi connectivity index (χ0v) is 9.67. The molecular formula is C7H6ClN3O2S2. The number of nitrogens with one attached hydrogen (secondary N) is 1. The maximum absolute atomic E-state index is 11.1. The molecule has 1 fully saturated rings. The Hall–Kier alpha value is -1.05. The first kappa shape index (κ1) is 12.0. The van der Waals surface area contributed by atoms with Gasteiger partial charge in [0.2, 0.25) is 0 Å². The van der Waals surface area contributed by atoms with E-state index in [2.05, 4.69) is 10.3 Å². The topological polar surface area (TPSA) is 85.1 Å². The highest BCUT2D eigenvalue weighted by molar-refractivity contribution is 8.18. The Morgan fingerprint density at radius 1 is 1.47 bits per heavy atom. The van der Waals surface area contributed by atoms with E-state index in [1.807, 2.05) is 0 Å². The Labute approximate surface area is 99.5 Å². The lowest BCUT2D eigenvalue weighted by atomic mass is 10.4. The van der Waals surface area contributed by atoms with Crippen LogP contribution in [0.15, 0.2) is 10.3 Å². The number of hydrogen-bond acceptors (Lipinski definition) is 6. The second-order valence-corrected chi connectivity index (χ2v) is 4.37. The predicted molar refractivity (Wildman–Crippen MR) is 62.9 cm³/mol. The lowest BCUT2D eigenvalue weighted by Crippen LogP contribution is -2.17. The first-order valence-electron chi connectivity index (χ1n) is 3.61. The van der Waals surface area contributed by atoms with Crippen molar-refractivity contribution in [2.75, 3.05) is 5.73 Å². The molecule has 0 unspecified atom stereocenters. The van der Waals surface area contributed by atoms with Crippen LogP contribution in [0.4, 0.5) is 9.93 Å². The van der Waals surface area contributed by atoms with E-state index in [1.165, 1.54) is 17.4 Å². The molecule has 0 radical (unpaired) electrons. The minimum atomic E-state index is -0.383. The summed E-state index contributed by atoms with van der Waals surface area (Å²) in [7, 11) is 0. The largest absolute Gasteiger partial charge is 0.375 e. The number of hydrogen-bond donors (Lipinski definition) is 2. The van der Waals surface area contributed by atoms with Crippen molar-refractivity contribution in [1.82, 2.24) is 10.3 Å². The molecule has 0 saturated carbocycles. The van der Waals surface area contributed by atoms with Crippen molar-refractivity contribution >= 4 is 57.9 Å². The average Bonchev–Trinajstić information content (AvgIpc) is 2.61. The molecule has 15 heavy (non-hydrogen) atoms. The number of anilines is 1. The number of nitrogens with two attached hydrogens (primary N) is 1. The first-order chi connectivity index (χ1) is 6.65. The molecule has 2 heterocycles. The van der Waals surface area contributed by atoms with Crippen LogP contribution in [0.3, 0.4) is 0 Å². The molecule has 2 rings (SSSR count). The van der Waals surface area contributed by atoms with Crippen LogP contribution < -0.4 is 11.1 Å². The molecule has 1 aliphatic rings. The smallest absolute Gasteiger partial charge is 0.290 e. The summed E-state index contributed by atoms with van der Waals surface area (Å²) in [4.78, 5) is 26.2. The predicted octanol–water partition coefficient (Wildman–Crippen LogP) is 1.47. The maximum atomic E-state index is 11.1. The fourth-order valence-corrected chi connectivity index (χ4v) is 2.11. The summed E-state index contributed by atoms with van der Waals surface area (Å²) in [6.07, 6.45) is 1.54. The van der Waals surface area contributed by atoms with Crippen LogP contribution in [-0.2, 0) is 4.79 Å². The van der Waals surface area contributed by atoms with Gasteiger partial charge in [0.1, 0.15) is 0 Å². The van der Waals surface area contributed by atoms with E-state index in [1.54, 1.807) is 5.38 Å². The molecule has 8 heteroatoms. The Kier molecular flexibility index (Phi) is 3.72. The van der Waals surface area contributed by atoms with E-state index in [4.69, 9.17) is 5.73 Å². The number of carbonyl (C=O) groups is 2. The molecule has 0 spiro atoms. The number of amides is 2. The van der Waals surface area contributed by atoms with Crippen LogP contribution >= 0.6 is 35.5 Å². The van der Waals surface area contributed by atoms with Crippen molar-refractivity contribution in [1.29, 1.82) is 0 Å². The van der Waals surface area contributed by atoms with E-state index in [9.17, 15) is 9.59 Å². The summed E-state index contributed by atoms with van der Waals surface area (Å²) >= 11 is 2.15. The molecule has 3 N–H and O–H groups in total. The van der Waals surface area contributed by atoms with Crippen LogP contribution in [0.5, 0.6) is 0 Å². The summed E-state index contributed by atoms with van der Waals surface area (Å²) < 4.78 is 0. The number of aromatic nitrogens is 1. The monoisotopic (exact) mass is 263 g/mol. The van der Waals surface area contributed by atoms with Gasteiger partial charge < -0.3 is 5.73 Å². The number of nitrogens with zero attached hydrogens (tertiary/aromatic N) is 1. The first-order valence-corrected chi connectivity index (χ1v) is 5.30. The Morgan fingerprint density at radius 2 is 2.20 bits per heavy atom. The molecule has 5 nitrogen and oxygen atoms in total. The van der Waals surface area contributed by atoms with Crippen LogP contribution in [-0.4, -0.2) is 16.1 Å². The van der Waals surface area contributed by atoms with E-state index < -0.39 is 0 Å². The molecule has 1 aliphatic heterocycles. The van der Waals surface area contributed by atoms with Crippen LogP contribution in [0.2, 0.25) is 0 Å². The van der Waals surface area contributed by atoms with Gasteiger partial charge >= 0.3 is 0 Å². The molecule has 0 aliphatic carbocycles. The third kappa shape index (κ3) is 2.71. The Bertz CT molecular complexity index is 443. The quantitative estimate of drug-likeness (QED) is 0.750. The van der Waals surface area contributed by atoms with E-state index in [0.717, 1.165) is 11.8 Å². The normalized spacial score (nSPS) is 17.7. The summed E-state index contributed by atoms with van der Waals surface area (Å²) in [5.74, 6) is -0.383. The van der Waals surface area contributed by atoms with Gasteiger partial charge in [0.15, 0.2) is 5.13 Å². The molecule has 0 aromatic carbocycles. The molecule has 2 amide bonds. The lowest BCUT2D eigenvalue weighted by Gasteiger charge is -1.87. The number of imide groups is 1. The molecule has 0 atom stereocenters. The van der Waals surface area contributed by atoms with Gasteiger partial charge in [-0.15, -0.1) is 23.7 Å². The standard InChI is InChI=1S/C7H5N3O2S2.ClH/c8-6-9-3(2-13-6)1-4-5(11)10-7(12)14-4;/h1-2H,(H2,8,9)(H,10,11,12);1H/b4-1-;. The van der Waals surface area contributed by atoms with Gasteiger partial charge in [0.25, 0.3) is 11.1 Å². The van der Waals surface area contributed by atoms with Crippen molar-refractivity contribution in [2.24, 2.45) is 0 Å². The highest BCUT2D eigenvalue weighted by Gasteiger charge is 2.25. The number of thiazole rings is 1. The SMILES string of the molecule is Cl.Nc1nc(/C=C2\SC(=O)NC2=O)cs1. The number of carbonyl (C=O) groups excluding carboxylic acids is 2. The Morgan fingerprint density at radius 3 is 2.67 bits per heavy atom.